The van der Waals surface area contributed by atoms with Crippen LogP contribution in [0.3, 0.4) is 0 Å². The van der Waals surface area contributed by atoms with Crippen LogP contribution in [0.4, 0.5) is 0 Å². The smallest absolute Gasteiger partial charge is 0.0695 e. The van der Waals surface area contributed by atoms with Gasteiger partial charge in [0.1, 0.15) is 0 Å². The molecule has 2 unspecified atom stereocenters. The summed E-state index contributed by atoms with van der Waals surface area (Å²) >= 11 is 1.92. The first-order valence-electron chi connectivity index (χ1n) is 4.64. The molecule has 1 fully saturated rings. The quantitative estimate of drug-likeness (QED) is 0.684. The zero-order valence-electron chi connectivity index (χ0n) is 7.75. The van der Waals surface area contributed by atoms with Crippen molar-refractivity contribution in [2.45, 2.75) is 44.0 Å². The molecule has 2 heteroatoms. The highest BCUT2D eigenvalue weighted by atomic mass is 32.2. The Morgan fingerprint density at radius 1 is 1.67 bits per heavy atom. The van der Waals surface area contributed by atoms with Gasteiger partial charge in [-0.3, -0.25) is 0 Å². The fourth-order valence-electron chi connectivity index (χ4n) is 1.56. The predicted octanol–water partition coefficient (Wildman–Crippen LogP) is 2.60. The third-order valence-electron chi connectivity index (χ3n) is 2.20. The summed E-state index contributed by atoms with van der Waals surface area (Å²) in [4.78, 5) is 0. The van der Waals surface area contributed by atoms with E-state index in [2.05, 4.69) is 6.58 Å². The molecule has 1 N–H and O–H groups in total. The first-order valence-corrected chi connectivity index (χ1v) is 5.69. The minimum Gasteiger partial charge on any atom is -0.392 e. The van der Waals surface area contributed by atoms with Gasteiger partial charge in [0.25, 0.3) is 0 Å². The molecular formula is C10H18OS. The summed E-state index contributed by atoms with van der Waals surface area (Å²) in [5.74, 6) is 1.22. The van der Waals surface area contributed by atoms with Crippen molar-refractivity contribution in [2.24, 2.45) is 0 Å². The number of hydrogen-bond acceptors (Lipinski definition) is 2. The SMILES string of the molecule is C=C(C)CC(O)C1CCCCS1. The molecule has 1 rings (SSSR count). The summed E-state index contributed by atoms with van der Waals surface area (Å²) in [5, 5.41) is 10.2. The summed E-state index contributed by atoms with van der Waals surface area (Å²) in [6, 6.07) is 0. The van der Waals surface area contributed by atoms with Gasteiger partial charge < -0.3 is 5.11 Å². The van der Waals surface area contributed by atoms with Gasteiger partial charge in [-0.2, -0.15) is 11.8 Å². The highest BCUT2D eigenvalue weighted by molar-refractivity contribution is 8.00. The Kier molecular flexibility index (Phi) is 4.16. The molecule has 12 heavy (non-hydrogen) atoms. The van der Waals surface area contributed by atoms with Crippen LogP contribution >= 0.6 is 11.8 Å². The fourth-order valence-corrected chi connectivity index (χ4v) is 2.88. The zero-order chi connectivity index (χ0) is 8.97. The van der Waals surface area contributed by atoms with Crippen molar-refractivity contribution in [1.82, 2.24) is 0 Å². The van der Waals surface area contributed by atoms with Gasteiger partial charge in [0.15, 0.2) is 0 Å². The maximum atomic E-state index is 9.76. The van der Waals surface area contributed by atoms with Crippen LogP contribution in [0.1, 0.15) is 32.6 Å². The standard InChI is InChI=1S/C10H18OS/c1-8(2)7-9(11)10-5-3-4-6-12-10/h9-11H,1,3-7H2,2H3. The first kappa shape index (κ1) is 10.1. The van der Waals surface area contributed by atoms with Crippen LogP contribution in [0.25, 0.3) is 0 Å². The molecule has 2 atom stereocenters. The third-order valence-corrected chi connectivity index (χ3v) is 3.70. The van der Waals surface area contributed by atoms with Crippen molar-refractivity contribution in [3.63, 3.8) is 0 Å². The second-order valence-corrected chi connectivity index (χ2v) is 4.98. The van der Waals surface area contributed by atoms with Crippen molar-refractivity contribution in [2.75, 3.05) is 5.75 Å². The molecule has 0 aromatic rings. The largest absolute Gasteiger partial charge is 0.392 e. The Morgan fingerprint density at radius 3 is 2.92 bits per heavy atom. The van der Waals surface area contributed by atoms with Crippen LogP contribution in [-0.4, -0.2) is 22.2 Å². The Balaban J connectivity index is 2.29. The molecule has 1 heterocycles. The molecule has 0 aliphatic carbocycles. The Morgan fingerprint density at radius 2 is 2.42 bits per heavy atom. The molecule has 0 saturated carbocycles. The fraction of sp³-hybridized carbons (Fsp3) is 0.800. The van der Waals surface area contributed by atoms with Crippen LogP contribution < -0.4 is 0 Å². The van der Waals surface area contributed by atoms with Crippen molar-refractivity contribution in [3.05, 3.63) is 12.2 Å². The second kappa shape index (κ2) is 4.93. The Hall–Kier alpha value is 0.0500. The number of aliphatic hydroxyl groups excluding tert-OH is 1. The minimum atomic E-state index is -0.159. The zero-order valence-corrected chi connectivity index (χ0v) is 8.57. The summed E-state index contributed by atoms with van der Waals surface area (Å²) in [7, 11) is 0. The highest BCUT2D eigenvalue weighted by Crippen LogP contribution is 2.29. The van der Waals surface area contributed by atoms with E-state index in [0.29, 0.717) is 5.25 Å². The van der Waals surface area contributed by atoms with Gasteiger partial charge in [0, 0.05) is 5.25 Å². The molecule has 0 spiro atoms. The van der Waals surface area contributed by atoms with Crippen molar-refractivity contribution < 1.29 is 5.11 Å². The number of hydrogen-bond donors (Lipinski definition) is 1. The molecule has 0 amide bonds. The molecular weight excluding hydrogens is 168 g/mol. The van der Waals surface area contributed by atoms with Gasteiger partial charge in [-0.15, -0.1) is 6.58 Å². The summed E-state index contributed by atoms with van der Waals surface area (Å²) < 4.78 is 0. The van der Waals surface area contributed by atoms with Crippen molar-refractivity contribution in [3.8, 4) is 0 Å². The van der Waals surface area contributed by atoms with Crippen LogP contribution in [0.15, 0.2) is 12.2 Å². The Bertz CT molecular complexity index is 150. The van der Waals surface area contributed by atoms with Gasteiger partial charge in [0.2, 0.25) is 0 Å². The van der Waals surface area contributed by atoms with E-state index in [-0.39, 0.29) is 6.10 Å². The van der Waals surface area contributed by atoms with Gasteiger partial charge in [-0.1, -0.05) is 12.0 Å². The lowest BCUT2D eigenvalue weighted by Gasteiger charge is -2.26. The van der Waals surface area contributed by atoms with Gasteiger partial charge in [0.05, 0.1) is 6.10 Å². The van der Waals surface area contributed by atoms with E-state index in [1.807, 2.05) is 18.7 Å². The monoisotopic (exact) mass is 186 g/mol. The molecule has 0 bridgehead atoms. The molecule has 0 aromatic carbocycles. The van der Waals surface area contributed by atoms with Gasteiger partial charge >= 0.3 is 0 Å². The first-order chi connectivity index (χ1) is 5.70. The van der Waals surface area contributed by atoms with Crippen LogP contribution in [-0.2, 0) is 0 Å². The number of thioether (sulfide) groups is 1. The molecule has 0 radical (unpaired) electrons. The summed E-state index contributed by atoms with van der Waals surface area (Å²) in [5.41, 5.74) is 1.09. The molecule has 0 aromatic heterocycles. The molecule has 1 nitrogen and oxygen atoms in total. The van der Waals surface area contributed by atoms with Crippen molar-refractivity contribution >= 4 is 11.8 Å². The van der Waals surface area contributed by atoms with Crippen LogP contribution in [0, 0.1) is 0 Å². The van der Waals surface area contributed by atoms with Crippen LogP contribution in [0.2, 0.25) is 0 Å². The predicted molar refractivity (Wildman–Crippen MR) is 55.5 cm³/mol. The van der Waals surface area contributed by atoms with E-state index < -0.39 is 0 Å². The highest BCUT2D eigenvalue weighted by Gasteiger charge is 2.21. The van der Waals surface area contributed by atoms with E-state index in [9.17, 15) is 5.11 Å². The Labute approximate surface area is 79.2 Å². The van der Waals surface area contributed by atoms with E-state index >= 15 is 0 Å². The second-order valence-electron chi connectivity index (χ2n) is 3.63. The molecule has 1 aliphatic rings. The molecule has 1 aliphatic heterocycles. The van der Waals surface area contributed by atoms with E-state index in [1.165, 1.54) is 25.0 Å². The summed E-state index contributed by atoms with van der Waals surface area (Å²) in [6.07, 6.45) is 4.40. The van der Waals surface area contributed by atoms with Crippen molar-refractivity contribution in [1.29, 1.82) is 0 Å². The van der Waals surface area contributed by atoms with E-state index in [4.69, 9.17) is 0 Å². The van der Waals surface area contributed by atoms with Crippen LogP contribution in [0.5, 0.6) is 0 Å². The summed E-state index contributed by atoms with van der Waals surface area (Å²) in [6.45, 7) is 5.80. The lowest BCUT2D eigenvalue weighted by atomic mass is 10.0. The van der Waals surface area contributed by atoms with Gasteiger partial charge in [-0.25, -0.2) is 0 Å². The molecule has 1 saturated heterocycles. The topological polar surface area (TPSA) is 20.2 Å². The van der Waals surface area contributed by atoms with E-state index in [1.54, 1.807) is 0 Å². The normalized spacial score (nSPS) is 26.7. The lowest BCUT2D eigenvalue weighted by molar-refractivity contribution is 0.166. The number of rotatable bonds is 3. The number of aliphatic hydroxyl groups is 1. The van der Waals surface area contributed by atoms with E-state index in [0.717, 1.165) is 12.0 Å². The maximum Gasteiger partial charge on any atom is 0.0695 e. The van der Waals surface area contributed by atoms with Gasteiger partial charge in [-0.05, 0) is 31.9 Å². The average molecular weight is 186 g/mol. The lowest BCUT2D eigenvalue weighted by Crippen LogP contribution is -2.25. The minimum absolute atomic E-state index is 0.159. The third kappa shape index (κ3) is 3.20. The maximum absolute atomic E-state index is 9.76. The average Bonchev–Trinajstić information content (AvgIpc) is 2.05. The molecule has 70 valence electrons.